The first kappa shape index (κ1) is 19.6. The van der Waals surface area contributed by atoms with Gasteiger partial charge in [-0.2, -0.15) is 0 Å². The minimum atomic E-state index is -3.78. The monoisotopic (exact) mass is 404 g/mol. The van der Waals surface area contributed by atoms with Crippen LogP contribution in [0, 0.1) is 0 Å². The smallest absolute Gasteiger partial charge is 0.263 e. The molecule has 0 saturated carbocycles. The summed E-state index contributed by atoms with van der Waals surface area (Å²) in [6.07, 6.45) is 1.28. The Labute approximate surface area is 155 Å². The van der Waals surface area contributed by atoms with E-state index < -0.39 is 22.2 Å². The summed E-state index contributed by atoms with van der Waals surface area (Å²) in [6.45, 7) is 0.365. The van der Waals surface area contributed by atoms with Gasteiger partial charge in [-0.15, -0.1) is 23.7 Å². The predicted octanol–water partition coefficient (Wildman–Crippen LogP) is 1.03. The number of aliphatic hydroxyl groups is 1. The molecular weight excluding hydrogens is 388 g/mol. The number of benzene rings is 1. The summed E-state index contributed by atoms with van der Waals surface area (Å²) in [7, 11) is -3.78. The highest BCUT2D eigenvalue weighted by atomic mass is 35.5. The Bertz CT molecular complexity index is 829. The molecule has 0 aliphatic carbocycles. The van der Waals surface area contributed by atoms with Crippen molar-refractivity contribution in [3.8, 4) is 0 Å². The van der Waals surface area contributed by atoms with E-state index in [1.54, 1.807) is 17.5 Å². The Morgan fingerprint density at radius 3 is 2.84 bits per heavy atom. The molecule has 11 heteroatoms. The number of rotatable bonds is 5. The third-order valence-electron chi connectivity index (χ3n) is 3.49. The highest BCUT2D eigenvalue weighted by Gasteiger charge is 2.28. The fourth-order valence-electron chi connectivity index (χ4n) is 2.33. The van der Waals surface area contributed by atoms with Gasteiger partial charge in [0.15, 0.2) is 5.13 Å². The van der Waals surface area contributed by atoms with Crippen molar-refractivity contribution in [1.29, 1.82) is 0 Å². The Morgan fingerprint density at radius 1 is 1.40 bits per heavy atom. The number of amides is 1. The Balaban J connectivity index is 0.00000225. The minimum absolute atomic E-state index is 0. The molecule has 4 N–H and O–H groups in total. The minimum Gasteiger partial charge on any atom is -0.392 e. The molecule has 1 fully saturated rings. The first-order chi connectivity index (χ1) is 11.4. The number of anilines is 2. The molecule has 0 radical (unpaired) electrons. The van der Waals surface area contributed by atoms with Crippen LogP contribution in [0.5, 0.6) is 0 Å². The largest absolute Gasteiger partial charge is 0.392 e. The van der Waals surface area contributed by atoms with Crippen LogP contribution in [0.25, 0.3) is 0 Å². The Kier molecular flexibility index (Phi) is 6.36. The van der Waals surface area contributed by atoms with Crippen LogP contribution < -0.4 is 15.4 Å². The first-order valence-electron chi connectivity index (χ1n) is 7.19. The molecule has 2 heterocycles. The summed E-state index contributed by atoms with van der Waals surface area (Å²) < 4.78 is 27.0. The molecule has 0 bridgehead atoms. The number of nitrogens with one attached hydrogen (secondary N) is 3. The van der Waals surface area contributed by atoms with E-state index in [1.807, 2.05) is 0 Å². The maximum absolute atomic E-state index is 12.3. The molecule has 2 aromatic rings. The van der Waals surface area contributed by atoms with Gasteiger partial charge in [0, 0.05) is 23.8 Å². The van der Waals surface area contributed by atoms with Crippen LogP contribution in [0.15, 0.2) is 40.7 Å². The van der Waals surface area contributed by atoms with Crippen LogP contribution in [0.2, 0.25) is 0 Å². The van der Waals surface area contributed by atoms with Crippen molar-refractivity contribution < 1.29 is 18.3 Å². The van der Waals surface area contributed by atoms with Crippen molar-refractivity contribution >= 4 is 50.5 Å². The second kappa shape index (κ2) is 8.11. The second-order valence-electron chi connectivity index (χ2n) is 5.31. The van der Waals surface area contributed by atoms with E-state index in [0.29, 0.717) is 18.7 Å². The average Bonchev–Trinajstić information content (AvgIpc) is 3.19. The van der Waals surface area contributed by atoms with Gasteiger partial charge < -0.3 is 15.7 Å². The number of aromatic nitrogens is 1. The van der Waals surface area contributed by atoms with Crippen molar-refractivity contribution in [2.24, 2.45) is 0 Å². The number of hydrogen-bond acceptors (Lipinski definition) is 7. The number of hydrogen-bond donors (Lipinski definition) is 4. The molecule has 2 unspecified atom stereocenters. The molecule has 3 rings (SSSR count). The van der Waals surface area contributed by atoms with Crippen LogP contribution in [0.1, 0.15) is 6.42 Å². The fourth-order valence-corrected chi connectivity index (χ4v) is 4.17. The molecule has 1 amide bonds. The summed E-state index contributed by atoms with van der Waals surface area (Å²) in [4.78, 5) is 16.0. The van der Waals surface area contributed by atoms with E-state index >= 15 is 0 Å². The van der Waals surface area contributed by atoms with Gasteiger partial charge in [0.05, 0.1) is 17.0 Å². The summed E-state index contributed by atoms with van der Waals surface area (Å²) in [6, 6.07) is 5.46. The quantitative estimate of drug-likeness (QED) is 0.590. The molecule has 1 aliphatic heterocycles. The van der Waals surface area contributed by atoms with Gasteiger partial charge in [0.2, 0.25) is 5.91 Å². The van der Waals surface area contributed by atoms with Gasteiger partial charge in [-0.3, -0.25) is 9.52 Å². The highest BCUT2D eigenvalue weighted by molar-refractivity contribution is 7.93. The number of carbonyl (C=O) groups excluding carboxylic acids is 1. The van der Waals surface area contributed by atoms with Gasteiger partial charge in [0.25, 0.3) is 10.0 Å². The van der Waals surface area contributed by atoms with E-state index in [-0.39, 0.29) is 28.3 Å². The van der Waals surface area contributed by atoms with Crippen molar-refractivity contribution in [2.75, 3.05) is 16.6 Å². The lowest BCUT2D eigenvalue weighted by Gasteiger charge is -2.12. The maximum Gasteiger partial charge on any atom is 0.263 e. The number of thiazole rings is 1. The topological polar surface area (TPSA) is 120 Å². The summed E-state index contributed by atoms with van der Waals surface area (Å²) in [5, 5.41) is 16.9. The SMILES string of the molecule is Cl.O=C(Nc1cccc(S(=O)(=O)Nc2nccs2)c1)C1CC(O)CN1. The normalized spacial score (nSPS) is 19.9. The Hall–Kier alpha value is -1.72. The number of aliphatic hydroxyl groups excluding tert-OH is 1. The molecule has 1 aromatic carbocycles. The zero-order valence-electron chi connectivity index (χ0n) is 12.9. The van der Waals surface area contributed by atoms with E-state index in [4.69, 9.17) is 0 Å². The van der Waals surface area contributed by atoms with E-state index in [1.165, 1.54) is 29.7 Å². The number of sulfonamides is 1. The van der Waals surface area contributed by atoms with Gasteiger partial charge in [0.1, 0.15) is 0 Å². The molecule has 25 heavy (non-hydrogen) atoms. The number of β-amino-alcohol motifs (C(OH)–C–C–N with tert-alkyl or cyclic N) is 1. The fraction of sp³-hybridized carbons (Fsp3) is 0.286. The predicted molar refractivity (Wildman–Crippen MR) is 97.7 cm³/mol. The van der Waals surface area contributed by atoms with Crippen LogP contribution >= 0.6 is 23.7 Å². The van der Waals surface area contributed by atoms with Crippen molar-refractivity contribution in [2.45, 2.75) is 23.5 Å². The summed E-state index contributed by atoms with van der Waals surface area (Å²) in [5.74, 6) is -0.311. The van der Waals surface area contributed by atoms with Crippen molar-refractivity contribution in [3.05, 3.63) is 35.8 Å². The van der Waals surface area contributed by atoms with E-state index in [9.17, 15) is 18.3 Å². The molecule has 136 valence electrons. The Morgan fingerprint density at radius 2 is 2.20 bits per heavy atom. The molecule has 1 aromatic heterocycles. The summed E-state index contributed by atoms with van der Waals surface area (Å²) in [5.41, 5.74) is 0.366. The van der Waals surface area contributed by atoms with Gasteiger partial charge in [-0.25, -0.2) is 13.4 Å². The van der Waals surface area contributed by atoms with Gasteiger partial charge in [-0.05, 0) is 24.6 Å². The number of halogens is 1. The molecule has 8 nitrogen and oxygen atoms in total. The van der Waals surface area contributed by atoms with Crippen molar-refractivity contribution in [1.82, 2.24) is 10.3 Å². The van der Waals surface area contributed by atoms with Crippen LogP contribution in [0.4, 0.5) is 10.8 Å². The average molecular weight is 405 g/mol. The van der Waals surface area contributed by atoms with Crippen LogP contribution in [0.3, 0.4) is 0 Å². The first-order valence-corrected chi connectivity index (χ1v) is 9.55. The summed E-state index contributed by atoms with van der Waals surface area (Å²) >= 11 is 1.17. The third kappa shape index (κ3) is 4.89. The third-order valence-corrected chi connectivity index (χ3v) is 5.64. The zero-order chi connectivity index (χ0) is 17.2. The number of nitrogens with zero attached hydrogens (tertiary/aromatic N) is 1. The van der Waals surface area contributed by atoms with E-state index in [0.717, 1.165) is 0 Å². The molecule has 2 atom stereocenters. The number of carbonyl (C=O) groups is 1. The lowest BCUT2D eigenvalue weighted by Crippen LogP contribution is -2.35. The standard InChI is InChI=1S/C14H16N4O4S2.ClH/c19-10-7-12(16-8-10)13(20)17-9-2-1-3-11(6-9)24(21,22)18-14-15-4-5-23-14;/h1-6,10,12,16,19H,7-8H2,(H,15,18)(H,17,20);1H. The van der Waals surface area contributed by atoms with Crippen LogP contribution in [-0.2, 0) is 14.8 Å². The highest BCUT2D eigenvalue weighted by Crippen LogP contribution is 2.21. The maximum atomic E-state index is 12.3. The molecular formula is C14H17ClN4O4S2. The molecule has 1 aliphatic rings. The van der Waals surface area contributed by atoms with Crippen LogP contribution in [-0.4, -0.2) is 43.1 Å². The van der Waals surface area contributed by atoms with Gasteiger partial charge >= 0.3 is 0 Å². The molecule has 1 saturated heterocycles. The zero-order valence-corrected chi connectivity index (χ0v) is 15.3. The second-order valence-corrected chi connectivity index (χ2v) is 7.89. The lowest BCUT2D eigenvalue weighted by molar-refractivity contribution is -0.117. The van der Waals surface area contributed by atoms with Crippen molar-refractivity contribution in [3.63, 3.8) is 0 Å². The van der Waals surface area contributed by atoms with Gasteiger partial charge in [-0.1, -0.05) is 6.07 Å². The molecule has 0 spiro atoms. The lowest BCUT2D eigenvalue weighted by atomic mass is 10.2. The van der Waals surface area contributed by atoms with E-state index in [2.05, 4.69) is 20.3 Å².